The Labute approximate surface area is 165 Å². The number of rotatable bonds is 13. The fourth-order valence-corrected chi connectivity index (χ4v) is 5.28. The van der Waals surface area contributed by atoms with Crippen LogP contribution in [0, 0.1) is 17.2 Å². The van der Waals surface area contributed by atoms with Gasteiger partial charge in [-0.05, 0) is 12.5 Å². The molecule has 0 heterocycles. The second-order valence-electron chi connectivity index (χ2n) is 5.46. The van der Waals surface area contributed by atoms with Crippen LogP contribution in [0.5, 0.6) is 11.5 Å². The Hall–Kier alpha value is -2.77. The average molecular weight is 706 g/mol. The molecule has 1 aromatic carbocycles. The summed E-state index contributed by atoms with van der Waals surface area (Å²) in [4.78, 5) is 10.6. The quantitative estimate of drug-likeness (QED) is 0.0986. The molecule has 0 aliphatic heterocycles. The monoisotopic (exact) mass is 705 g/mol. The van der Waals surface area contributed by atoms with Crippen LogP contribution in [-0.4, -0.2) is 56.3 Å². The molecule has 0 atom stereocenters. The van der Waals surface area contributed by atoms with Gasteiger partial charge in [0, 0.05) is 27.4 Å². The molecule has 0 fully saturated rings. The number of nitro benzene ring substituents is 1. The van der Waals surface area contributed by atoms with Crippen molar-refractivity contribution < 1.29 is 40.3 Å². The van der Waals surface area contributed by atoms with Crippen LogP contribution in [0.4, 0.5) is 5.69 Å². The number of ether oxygens (including phenoxy) is 2. The second-order valence-corrected chi connectivity index (χ2v) is 10.3. The van der Waals surface area contributed by atoms with E-state index in [9.17, 15) is 18.5 Å². The summed E-state index contributed by atoms with van der Waals surface area (Å²) in [5, 5.41) is 11.2. The SMILES string of the molecule is [CH2-]Oc1cc([N+](=O)[O-])c(COS(=O)(=O)CCC[Si](OC)(OC)OC)cc1OC.[Rf]. The maximum absolute atomic E-state index is 12.1. The van der Waals surface area contributed by atoms with Crippen LogP contribution in [0.3, 0.4) is 0 Å². The molecule has 0 bridgehead atoms. The van der Waals surface area contributed by atoms with Gasteiger partial charge in [0.25, 0.3) is 15.8 Å². The van der Waals surface area contributed by atoms with Gasteiger partial charge in [-0.25, -0.2) is 0 Å². The maximum Gasteiger partial charge on any atom is 0.500 e. The summed E-state index contributed by atoms with van der Waals surface area (Å²) in [6.45, 7) is -0.534. The first-order valence-electron chi connectivity index (χ1n) is 7.97. The van der Waals surface area contributed by atoms with Gasteiger partial charge in [0.1, 0.15) is 5.75 Å². The van der Waals surface area contributed by atoms with Gasteiger partial charge in [-0.2, -0.15) is 15.5 Å². The zero-order valence-corrected chi connectivity index (χ0v) is 25.1. The van der Waals surface area contributed by atoms with Crippen molar-refractivity contribution in [2.45, 2.75) is 19.1 Å². The molecule has 0 unspecified atom stereocenters. The molecule has 0 aliphatic rings. The zero-order valence-electron chi connectivity index (χ0n) is 16.8. The minimum absolute atomic E-state index is 0. The van der Waals surface area contributed by atoms with Crippen LogP contribution in [0.25, 0.3) is 0 Å². The van der Waals surface area contributed by atoms with E-state index in [-0.39, 0.29) is 41.0 Å². The van der Waals surface area contributed by atoms with Crippen molar-refractivity contribution in [2.75, 3.05) is 34.2 Å². The van der Waals surface area contributed by atoms with Gasteiger partial charge in [-0.1, -0.05) is 0 Å². The van der Waals surface area contributed by atoms with Crippen molar-refractivity contribution in [3.63, 3.8) is 0 Å². The van der Waals surface area contributed by atoms with Gasteiger partial charge < -0.3 is 22.8 Å². The van der Waals surface area contributed by atoms with Gasteiger partial charge in [-0.15, -0.1) is 0 Å². The summed E-state index contributed by atoms with van der Waals surface area (Å²) >= 11 is 0. The molecule has 0 saturated carbocycles. The van der Waals surface area contributed by atoms with Crippen molar-refractivity contribution in [2.24, 2.45) is 0 Å². The molecular weight excluding hydrogens is 681 g/mol. The fourth-order valence-electron chi connectivity index (χ4n) is 2.38. The van der Waals surface area contributed by atoms with Gasteiger partial charge in [0.2, 0.25) is 0 Å². The molecule has 0 amide bonds. The van der Waals surface area contributed by atoms with E-state index in [2.05, 4.69) is 7.11 Å². The van der Waals surface area contributed by atoms with Crippen molar-refractivity contribution >= 4 is 24.6 Å². The molecular formula is C15H24NO10RfSSi-. The van der Waals surface area contributed by atoms with Gasteiger partial charge in [0.05, 0.1) is 36.0 Å². The summed E-state index contributed by atoms with van der Waals surface area (Å²) in [7, 11) is 1.96. The summed E-state index contributed by atoms with van der Waals surface area (Å²) in [5.41, 5.74) is -0.361. The normalized spacial score (nSPS) is 11.6. The van der Waals surface area contributed by atoms with Crippen molar-refractivity contribution in [3.05, 3.63) is 34.9 Å². The Bertz CT molecular complexity index is 764. The third kappa shape index (κ3) is 6.96. The summed E-state index contributed by atoms with van der Waals surface area (Å²) in [5.74, 6) is -0.128. The third-order valence-electron chi connectivity index (χ3n) is 3.92. The largest absolute Gasteiger partial charge is 0.663 e. The number of benzene rings is 1. The predicted molar refractivity (Wildman–Crippen MR) is 100 cm³/mol. The Morgan fingerprint density at radius 3 is 2.14 bits per heavy atom. The van der Waals surface area contributed by atoms with Crippen LogP contribution in [-0.2, 0) is 34.2 Å². The molecule has 1 aromatic rings. The van der Waals surface area contributed by atoms with Gasteiger partial charge in [-0.3, -0.25) is 14.3 Å². The van der Waals surface area contributed by atoms with E-state index >= 15 is 0 Å². The van der Waals surface area contributed by atoms with E-state index < -0.39 is 30.5 Å². The number of hydrogen-bond acceptors (Lipinski definition) is 10. The zero-order chi connectivity index (χ0) is 21.4. The molecule has 0 radical (unpaired) electrons. The molecule has 14 heteroatoms. The summed E-state index contributed by atoms with van der Waals surface area (Å²) in [6.07, 6.45) is 0.170. The third-order valence-corrected chi connectivity index (χ3v) is 8.02. The smallest absolute Gasteiger partial charge is 0.500 e. The van der Waals surface area contributed by atoms with Crippen molar-refractivity contribution in [1.82, 2.24) is 0 Å². The topological polar surface area (TPSA) is 133 Å². The first-order valence-corrected chi connectivity index (χ1v) is 11.5. The van der Waals surface area contributed by atoms with Crippen LogP contribution < -0.4 is 9.47 Å². The van der Waals surface area contributed by atoms with Gasteiger partial charge >= 0.3 is 8.80 Å². The molecule has 0 saturated heterocycles. The predicted octanol–water partition coefficient (Wildman–Crippen LogP) is 1.89. The number of methoxy groups -OCH3 is 1. The summed E-state index contributed by atoms with van der Waals surface area (Å²) < 4.78 is 54.7. The fraction of sp³-hybridized carbons (Fsp3) is 0.533. The van der Waals surface area contributed by atoms with Crippen molar-refractivity contribution in [1.29, 1.82) is 0 Å². The molecule has 11 nitrogen and oxygen atoms in total. The molecule has 29 heavy (non-hydrogen) atoms. The maximum atomic E-state index is 12.1. The van der Waals surface area contributed by atoms with E-state index in [1.807, 2.05) is 0 Å². The Morgan fingerprint density at radius 1 is 1.10 bits per heavy atom. The molecule has 0 spiro atoms. The first-order chi connectivity index (χ1) is 13.2. The molecule has 0 aromatic heterocycles. The van der Waals surface area contributed by atoms with Crippen LogP contribution in [0.2, 0.25) is 6.04 Å². The number of nitrogens with zero attached hydrogens (tertiary/aromatic N) is 1. The van der Waals surface area contributed by atoms with E-state index in [1.165, 1.54) is 34.5 Å². The molecule has 1 rings (SSSR count). The van der Waals surface area contributed by atoms with E-state index in [1.54, 1.807) is 0 Å². The minimum Gasteiger partial charge on any atom is -0.663 e. The standard InChI is InChI=1S/C15H24NO10SSi.Rf/c1-21-14-9-12(13(16(17)18)10-15(14)22-2)11-26-27(19,20)7-6-8-28(23-3,24-4)25-5;/h9-10H,2,6-8,11H2,1,3-5H3;/q-1;. The first kappa shape index (κ1) is 26.2. The van der Waals surface area contributed by atoms with Gasteiger partial charge in [0.15, 0.2) is 5.75 Å². The summed E-state index contributed by atoms with van der Waals surface area (Å²) in [6, 6.07) is 2.63. The molecule has 0 aliphatic carbocycles. The minimum atomic E-state index is -3.96. The van der Waals surface area contributed by atoms with E-state index in [0.29, 0.717) is 0 Å². The van der Waals surface area contributed by atoms with Crippen molar-refractivity contribution in [3.8, 4) is 11.5 Å². The number of nitro groups is 1. The molecule has 162 valence electrons. The molecule has 0 N–H and O–H groups in total. The second kappa shape index (κ2) is 11.3. The van der Waals surface area contributed by atoms with Crippen LogP contribution >= 0.6 is 0 Å². The van der Waals surface area contributed by atoms with Crippen LogP contribution in [0.1, 0.15) is 12.0 Å². The Kier molecular flexibility index (Phi) is 10.2. The number of hydrogen-bond donors (Lipinski definition) is 0. The average Bonchev–Trinajstić information content (AvgIpc) is 2.69. The van der Waals surface area contributed by atoms with E-state index in [0.717, 1.165) is 6.07 Å². The Morgan fingerprint density at radius 2 is 1.69 bits per heavy atom. The van der Waals surface area contributed by atoms with E-state index in [4.69, 9.17) is 26.9 Å². The van der Waals surface area contributed by atoms with Crippen LogP contribution in [0.15, 0.2) is 12.1 Å². The Balaban J connectivity index is 0.00000784.